The molecular weight excluding hydrogens is 282 g/mol. The Bertz CT molecular complexity index is 512. The Labute approximate surface area is 131 Å². The fraction of sp³-hybridized carbons (Fsp3) is 0.800. The number of fused-ring (bicyclic) bond motifs is 1. The topological polar surface area (TPSA) is 92.1 Å². The van der Waals surface area contributed by atoms with Crippen molar-refractivity contribution in [1.82, 2.24) is 25.4 Å². The molecule has 7 nitrogen and oxygen atoms in total. The van der Waals surface area contributed by atoms with E-state index in [1.165, 1.54) is 0 Å². The second-order valence-electron chi connectivity index (χ2n) is 6.62. The van der Waals surface area contributed by atoms with Gasteiger partial charge in [0.15, 0.2) is 5.82 Å². The number of hydrogen-bond acceptors (Lipinski definition) is 4. The van der Waals surface area contributed by atoms with Gasteiger partial charge >= 0.3 is 6.03 Å². The summed E-state index contributed by atoms with van der Waals surface area (Å²) in [5, 5.41) is 19.3. The first kappa shape index (κ1) is 16.7. The zero-order valence-corrected chi connectivity index (χ0v) is 13.7. The molecule has 1 aromatic rings. The minimum Gasteiger partial charge on any atom is -0.396 e. The third-order valence-corrected chi connectivity index (χ3v) is 4.06. The highest BCUT2D eigenvalue weighted by Crippen LogP contribution is 2.23. The van der Waals surface area contributed by atoms with Gasteiger partial charge in [0, 0.05) is 26.1 Å². The lowest BCUT2D eigenvalue weighted by Crippen LogP contribution is -2.43. The molecule has 0 aromatic carbocycles. The molecule has 7 heteroatoms. The van der Waals surface area contributed by atoms with E-state index in [2.05, 4.69) is 20.7 Å². The molecule has 1 aromatic heterocycles. The van der Waals surface area contributed by atoms with Gasteiger partial charge in [0.25, 0.3) is 0 Å². The van der Waals surface area contributed by atoms with E-state index < -0.39 is 0 Å². The van der Waals surface area contributed by atoms with Crippen molar-refractivity contribution in [3.63, 3.8) is 0 Å². The van der Waals surface area contributed by atoms with Crippen molar-refractivity contribution >= 4 is 6.03 Å². The van der Waals surface area contributed by atoms with Crippen LogP contribution in [0.15, 0.2) is 0 Å². The van der Waals surface area contributed by atoms with Crippen molar-refractivity contribution in [1.29, 1.82) is 0 Å². The summed E-state index contributed by atoms with van der Waals surface area (Å²) in [4.78, 5) is 16.6. The SMILES string of the molecule is CCc1nc2n(n1)CCCC2NC(=O)NCC(C)(C)CCO. The van der Waals surface area contributed by atoms with Crippen molar-refractivity contribution in [3.05, 3.63) is 11.6 Å². The number of carbonyl (C=O) groups is 1. The molecule has 0 fully saturated rings. The molecule has 1 aliphatic rings. The molecule has 3 N–H and O–H groups in total. The monoisotopic (exact) mass is 309 g/mol. The van der Waals surface area contributed by atoms with Crippen molar-refractivity contribution in [2.75, 3.05) is 13.2 Å². The molecule has 2 heterocycles. The maximum atomic E-state index is 12.1. The van der Waals surface area contributed by atoms with Crippen LogP contribution in [0.4, 0.5) is 4.79 Å². The number of nitrogens with zero attached hydrogens (tertiary/aromatic N) is 3. The average molecular weight is 309 g/mol. The fourth-order valence-corrected chi connectivity index (χ4v) is 2.61. The van der Waals surface area contributed by atoms with Crippen LogP contribution >= 0.6 is 0 Å². The molecule has 0 aliphatic carbocycles. The Morgan fingerprint density at radius 1 is 1.50 bits per heavy atom. The lowest BCUT2D eigenvalue weighted by atomic mass is 9.90. The lowest BCUT2D eigenvalue weighted by molar-refractivity contribution is 0.199. The molecule has 2 amide bonds. The number of urea groups is 1. The maximum Gasteiger partial charge on any atom is 0.315 e. The largest absolute Gasteiger partial charge is 0.396 e. The Morgan fingerprint density at radius 2 is 2.27 bits per heavy atom. The van der Waals surface area contributed by atoms with E-state index in [-0.39, 0.29) is 24.1 Å². The minimum atomic E-state index is -0.189. The van der Waals surface area contributed by atoms with Gasteiger partial charge in [-0.05, 0) is 24.7 Å². The third-order valence-electron chi connectivity index (χ3n) is 4.06. The van der Waals surface area contributed by atoms with Crippen molar-refractivity contribution in [2.24, 2.45) is 5.41 Å². The predicted octanol–water partition coefficient (Wildman–Crippen LogP) is 1.38. The Hall–Kier alpha value is -1.63. The van der Waals surface area contributed by atoms with Crippen molar-refractivity contribution < 1.29 is 9.90 Å². The van der Waals surface area contributed by atoms with E-state index >= 15 is 0 Å². The van der Waals surface area contributed by atoms with Gasteiger partial charge in [-0.2, -0.15) is 5.10 Å². The van der Waals surface area contributed by atoms with Gasteiger partial charge in [0.2, 0.25) is 0 Å². The van der Waals surface area contributed by atoms with Crippen LogP contribution in [0.1, 0.15) is 57.7 Å². The van der Waals surface area contributed by atoms with Gasteiger partial charge < -0.3 is 15.7 Å². The molecule has 1 aliphatic heterocycles. The molecule has 0 spiro atoms. The van der Waals surface area contributed by atoms with Crippen LogP contribution in [-0.2, 0) is 13.0 Å². The number of amides is 2. The summed E-state index contributed by atoms with van der Waals surface area (Å²) in [5.74, 6) is 1.68. The number of aromatic nitrogens is 3. The summed E-state index contributed by atoms with van der Waals surface area (Å²) in [6.07, 6.45) is 3.33. The minimum absolute atomic E-state index is 0.0810. The normalized spacial score (nSPS) is 17.9. The highest BCUT2D eigenvalue weighted by Gasteiger charge is 2.26. The number of aliphatic hydroxyl groups excluding tert-OH is 1. The Kier molecular flexibility index (Phi) is 5.39. The molecule has 124 valence electrons. The van der Waals surface area contributed by atoms with Crippen LogP contribution in [0.3, 0.4) is 0 Å². The quantitative estimate of drug-likeness (QED) is 0.740. The summed E-state index contributed by atoms with van der Waals surface area (Å²) in [6.45, 7) is 7.59. The lowest BCUT2D eigenvalue weighted by Gasteiger charge is -2.26. The first-order chi connectivity index (χ1) is 10.4. The van der Waals surface area contributed by atoms with Crippen molar-refractivity contribution in [3.8, 4) is 0 Å². The fourth-order valence-electron chi connectivity index (χ4n) is 2.61. The first-order valence-corrected chi connectivity index (χ1v) is 8.04. The summed E-state index contributed by atoms with van der Waals surface area (Å²) in [5.41, 5.74) is -0.117. The number of hydrogen-bond donors (Lipinski definition) is 3. The summed E-state index contributed by atoms with van der Waals surface area (Å²) in [7, 11) is 0. The number of aryl methyl sites for hydroxylation is 2. The molecule has 0 saturated carbocycles. The molecular formula is C15H27N5O2. The molecule has 2 rings (SSSR count). The maximum absolute atomic E-state index is 12.1. The second-order valence-corrected chi connectivity index (χ2v) is 6.62. The van der Waals surface area contributed by atoms with E-state index in [0.717, 1.165) is 37.5 Å². The first-order valence-electron chi connectivity index (χ1n) is 8.04. The molecule has 0 saturated heterocycles. The predicted molar refractivity (Wildman–Crippen MR) is 83.4 cm³/mol. The van der Waals surface area contributed by atoms with Crippen molar-refractivity contribution in [2.45, 2.75) is 59.0 Å². The standard InChI is InChI=1S/C15H27N5O2/c1-4-12-18-13-11(6-5-8-20(13)19-12)17-14(22)16-10-15(2,3)7-9-21/h11,21H,4-10H2,1-3H3,(H2,16,17,22). The van der Waals surface area contributed by atoms with Gasteiger partial charge in [-0.1, -0.05) is 20.8 Å². The molecule has 22 heavy (non-hydrogen) atoms. The van der Waals surface area contributed by atoms with E-state index in [4.69, 9.17) is 5.11 Å². The smallest absolute Gasteiger partial charge is 0.315 e. The van der Waals surface area contributed by atoms with Gasteiger partial charge in [-0.3, -0.25) is 0 Å². The van der Waals surface area contributed by atoms with Gasteiger partial charge in [-0.15, -0.1) is 0 Å². The van der Waals surface area contributed by atoms with Gasteiger partial charge in [-0.25, -0.2) is 14.5 Å². The van der Waals surface area contributed by atoms with Gasteiger partial charge in [0.05, 0.1) is 6.04 Å². The molecule has 0 radical (unpaired) electrons. The van der Waals surface area contributed by atoms with Gasteiger partial charge in [0.1, 0.15) is 5.82 Å². The number of rotatable bonds is 6. The zero-order valence-electron chi connectivity index (χ0n) is 13.7. The zero-order chi connectivity index (χ0) is 16.2. The number of carbonyl (C=O) groups excluding carboxylic acids is 1. The highest BCUT2D eigenvalue weighted by molar-refractivity contribution is 5.74. The highest BCUT2D eigenvalue weighted by atomic mass is 16.3. The van der Waals surface area contributed by atoms with Crippen LogP contribution in [0.5, 0.6) is 0 Å². The van der Waals surface area contributed by atoms with Crippen LogP contribution in [-0.4, -0.2) is 39.1 Å². The number of aliphatic hydroxyl groups is 1. The average Bonchev–Trinajstić information content (AvgIpc) is 2.89. The molecule has 0 bridgehead atoms. The third kappa shape index (κ3) is 4.19. The van der Waals surface area contributed by atoms with E-state index in [9.17, 15) is 4.79 Å². The summed E-state index contributed by atoms with van der Waals surface area (Å²) in [6, 6.07) is -0.270. The summed E-state index contributed by atoms with van der Waals surface area (Å²) < 4.78 is 1.91. The van der Waals surface area contributed by atoms with Crippen LogP contribution < -0.4 is 10.6 Å². The van der Waals surface area contributed by atoms with Crippen LogP contribution in [0.2, 0.25) is 0 Å². The number of nitrogens with one attached hydrogen (secondary N) is 2. The Morgan fingerprint density at radius 3 is 2.95 bits per heavy atom. The summed E-state index contributed by atoms with van der Waals surface area (Å²) >= 11 is 0. The Balaban J connectivity index is 1.91. The van der Waals surface area contributed by atoms with E-state index in [1.807, 2.05) is 25.5 Å². The van der Waals surface area contributed by atoms with Crippen LogP contribution in [0.25, 0.3) is 0 Å². The van der Waals surface area contributed by atoms with E-state index in [0.29, 0.717) is 13.0 Å². The molecule has 1 unspecified atom stereocenters. The molecule has 1 atom stereocenters. The van der Waals surface area contributed by atoms with Crippen LogP contribution in [0, 0.1) is 5.41 Å². The second kappa shape index (κ2) is 7.09. The van der Waals surface area contributed by atoms with E-state index in [1.54, 1.807) is 0 Å².